The first-order chi connectivity index (χ1) is 12.0. The van der Waals surface area contributed by atoms with Crippen molar-refractivity contribution in [3.05, 3.63) is 39.3 Å². The highest BCUT2D eigenvalue weighted by molar-refractivity contribution is 6.34. The van der Waals surface area contributed by atoms with Crippen molar-refractivity contribution < 1.29 is 32.3 Å². The van der Waals surface area contributed by atoms with E-state index in [0.717, 1.165) is 25.4 Å². The van der Waals surface area contributed by atoms with Crippen molar-refractivity contribution in [1.29, 1.82) is 0 Å². The maximum atomic E-state index is 14.2. The van der Waals surface area contributed by atoms with Crippen LogP contribution in [0, 0.1) is 5.82 Å². The molecule has 6 nitrogen and oxygen atoms in total. The number of benzene rings is 1. The minimum atomic E-state index is -4.78. The van der Waals surface area contributed by atoms with Crippen LogP contribution in [0.3, 0.4) is 0 Å². The molecule has 0 radical (unpaired) electrons. The molecule has 0 spiro atoms. The fourth-order valence-corrected chi connectivity index (χ4v) is 2.58. The van der Waals surface area contributed by atoms with Crippen LogP contribution in [0.15, 0.2) is 17.3 Å². The molecule has 2 aromatic rings. The third-order valence-electron chi connectivity index (χ3n) is 3.05. The van der Waals surface area contributed by atoms with Gasteiger partial charge in [0.15, 0.2) is 5.69 Å². The van der Waals surface area contributed by atoms with Gasteiger partial charge in [-0.05, 0) is 12.1 Å². The van der Waals surface area contributed by atoms with Gasteiger partial charge in [0, 0.05) is 18.2 Å². The van der Waals surface area contributed by atoms with E-state index in [-0.39, 0.29) is 16.1 Å². The highest BCUT2D eigenvalue weighted by Gasteiger charge is 2.39. The van der Waals surface area contributed by atoms with Gasteiger partial charge in [-0.1, -0.05) is 28.4 Å². The second-order valence-corrected chi connectivity index (χ2v) is 5.67. The standard InChI is InChI=1S/C14H9Cl2F4N3O3/c1-23-13(14(18,19)20)11(16)12(22-23)7-2-6(8(15)3-9(7)17)4-21-26-5-10(24)25/h2-4H,5H2,1H3,(H,24,25)/b21-4-. The van der Waals surface area contributed by atoms with Crippen molar-refractivity contribution in [3.63, 3.8) is 0 Å². The van der Waals surface area contributed by atoms with Crippen LogP contribution < -0.4 is 0 Å². The van der Waals surface area contributed by atoms with Crippen LogP contribution in [0.2, 0.25) is 10.0 Å². The number of hydrogen-bond acceptors (Lipinski definition) is 4. The van der Waals surface area contributed by atoms with E-state index in [1.165, 1.54) is 0 Å². The first-order valence-electron chi connectivity index (χ1n) is 6.68. The molecule has 1 heterocycles. The van der Waals surface area contributed by atoms with E-state index in [1.54, 1.807) is 0 Å². The molecule has 1 N–H and O–H groups in total. The fraction of sp³-hybridized carbons (Fsp3) is 0.214. The average Bonchev–Trinajstić information content (AvgIpc) is 2.79. The third kappa shape index (κ3) is 4.25. The zero-order valence-corrected chi connectivity index (χ0v) is 14.3. The van der Waals surface area contributed by atoms with E-state index in [4.69, 9.17) is 28.3 Å². The molecule has 0 atom stereocenters. The summed E-state index contributed by atoms with van der Waals surface area (Å²) in [5.74, 6) is -2.22. The van der Waals surface area contributed by atoms with Gasteiger partial charge in [-0.3, -0.25) is 4.68 Å². The number of alkyl halides is 3. The van der Waals surface area contributed by atoms with E-state index < -0.39 is 41.0 Å². The lowest BCUT2D eigenvalue weighted by Gasteiger charge is -2.07. The Bertz CT molecular complexity index is 881. The van der Waals surface area contributed by atoms with E-state index in [2.05, 4.69) is 15.1 Å². The lowest BCUT2D eigenvalue weighted by molar-refractivity contribution is -0.144. The number of aryl methyl sites for hydroxylation is 1. The molecular formula is C14H9Cl2F4N3O3. The highest BCUT2D eigenvalue weighted by atomic mass is 35.5. The van der Waals surface area contributed by atoms with E-state index >= 15 is 0 Å². The predicted molar refractivity (Wildman–Crippen MR) is 84.8 cm³/mol. The zero-order chi connectivity index (χ0) is 19.6. The van der Waals surface area contributed by atoms with Gasteiger partial charge in [0.1, 0.15) is 11.5 Å². The molecule has 0 aliphatic rings. The summed E-state index contributed by atoms with van der Waals surface area (Å²) in [6, 6.07) is 1.91. The highest BCUT2D eigenvalue weighted by Crippen LogP contribution is 2.40. The van der Waals surface area contributed by atoms with E-state index in [9.17, 15) is 22.4 Å². The molecule has 0 unspecified atom stereocenters. The molecule has 0 fully saturated rings. The minimum Gasteiger partial charge on any atom is -0.479 e. The number of carboxylic acid groups (broad SMARTS) is 1. The molecule has 140 valence electrons. The maximum Gasteiger partial charge on any atom is 0.434 e. The maximum absolute atomic E-state index is 14.2. The van der Waals surface area contributed by atoms with Gasteiger partial charge < -0.3 is 9.94 Å². The molecular weight excluding hydrogens is 405 g/mol. The summed E-state index contributed by atoms with van der Waals surface area (Å²) in [5.41, 5.74) is -1.95. The third-order valence-corrected chi connectivity index (χ3v) is 3.74. The van der Waals surface area contributed by atoms with Crippen LogP contribution in [0.25, 0.3) is 11.3 Å². The largest absolute Gasteiger partial charge is 0.479 e. The molecule has 0 bridgehead atoms. The predicted octanol–water partition coefficient (Wildman–Crippen LogP) is 3.99. The Labute approximate surface area is 153 Å². The molecule has 0 saturated carbocycles. The number of carboxylic acids is 1. The molecule has 26 heavy (non-hydrogen) atoms. The minimum absolute atomic E-state index is 0.0590. The van der Waals surface area contributed by atoms with Crippen LogP contribution in [-0.2, 0) is 22.9 Å². The molecule has 0 aliphatic heterocycles. The summed E-state index contributed by atoms with van der Waals surface area (Å²) >= 11 is 11.6. The lowest BCUT2D eigenvalue weighted by Crippen LogP contribution is -2.12. The Hall–Kier alpha value is -2.33. The fourth-order valence-electron chi connectivity index (χ4n) is 2.01. The number of nitrogens with zero attached hydrogens (tertiary/aromatic N) is 3. The second kappa shape index (κ2) is 7.50. The number of aliphatic carboxylic acids is 1. The second-order valence-electron chi connectivity index (χ2n) is 4.89. The van der Waals surface area contributed by atoms with Crippen molar-refractivity contribution >= 4 is 35.4 Å². The van der Waals surface area contributed by atoms with E-state index in [1.807, 2.05) is 0 Å². The first kappa shape index (κ1) is 20.0. The number of hydrogen-bond donors (Lipinski definition) is 1. The molecule has 12 heteroatoms. The Kier molecular flexibility index (Phi) is 5.77. The lowest BCUT2D eigenvalue weighted by atomic mass is 10.1. The van der Waals surface area contributed by atoms with Gasteiger partial charge in [-0.15, -0.1) is 0 Å². The number of halogens is 6. The Morgan fingerprint density at radius 3 is 2.62 bits per heavy atom. The van der Waals surface area contributed by atoms with Gasteiger partial charge in [-0.2, -0.15) is 18.3 Å². The first-order valence-corrected chi connectivity index (χ1v) is 7.44. The number of carbonyl (C=O) groups is 1. The normalized spacial score (nSPS) is 12.0. The smallest absolute Gasteiger partial charge is 0.434 e. The van der Waals surface area contributed by atoms with Crippen LogP contribution >= 0.6 is 23.2 Å². The zero-order valence-electron chi connectivity index (χ0n) is 12.8. The van der Waals surface area contributed by atoms with Crippen LogP contribution in [0.5, 0.6) is 0 Å². The molecule has 0 saturated heterocycles. The monoisotopic (exact) mass is 413 g/mol. The van der Waals surface area contributed by atoms with Gasteiger partial charge in [0.2, 0.25) is 6.61 Å². The van der Waals surface area contributed by atoms with E-state index in [0.29, 0.717) is 4.68 Å². The topological polar surface area (TPSA) is 76.7 Å². The van der Waals surface area contributed by atoms with Gasteiger partial charge in [-0.25, -0.2) is 9.18 Å². The van der Waals surface area contributed by atoms with Crippen molar-refractivity contribution in [2.75, 3.05) is 6.61 Å². The van der Waals surface area contributed by atoms with Crippen molar-refractivity contribution in [1.82, 2.24) is 9.78 Å². The summed E-state index contributed by atoms with van der Waals surface area (Å²) in [5, 5.41) is 14.5. The van der Waals surface area contributed by atoms with Gasteiger partial charge in [0.25, 0.3) is 0 Å². The van der Waals surface area contributed by atoms with Crippen LogP contribution in [0.1, 0.15) is 11.3 Å². The summed E-state index contributed by atoms with van der Waals surface area (Å²) in [6.45, 7) is -0.719. The van der Waals surface area contributed by atoms with Crippen LogP contribution in [0.4, 0.5) is 17.6 Å². The quantitative estimate of drug-likeness (QED) is 0.456. The average molecular weight is 414 g/mol. The number of aromatic nitrogens is 2. The SMILES string of the molecule is Cn1nc(-c2cc(/C=N\OCC(=O)O)c(Cl)cc2F)c(Cl)c1C(F)(F)F. The van der Waals surface area contributed by atoms with Gasteiger partial charge in [0.05, 0.1) is 16.3 Å². The number of oxime groups is 1. The summed E-state index contributed by atoms with van der Waals surface area (Å²) < 4.78 is 53.7. The van der Waals surface area contributed by atoms with Crippen molar-refractivity contribution in [2.45, 2.75) is 6.18 Å². The molecule has 0 aliphatic carbocycles. The number of rotatable bonds is 5. The Morgan fingerprint density at radius 2 is 2.08 bits per heavy atom. The molecule has 1 aromatic heterocycles. The van der Waals surface area contributed by atoms with Crippen molar-refractivity contribution in [2.24, 2.45) is 12.2 Å². The molecule has 0 amide bonds. The Morgan fingerprint density at radius 1 is 1.42 bits per heavy atom. The molecule has 2 rings (SSSR count). The van der Waals surface area contributed by atoms with Crippen LogP contribution in [-0.4, -0.2) is 33.7 Å². The van der Waals surface area contributed by atoms with Crippen molar-refractivity contribution in [3.8, 4) is 11.3 Å². The Balaban J connectivity index is 2.48. The summed E-state index contributed by atoms with van der Waals surface area (Å²) in [6.07, 6.45) is -3.80. The summed E-state index contributed by atoms with van der Waals surface area (Å²) in [4.78, 5) is 14.8. The molecule has 1 aromatic carbocycles. The summed E-state index contributed by atoms with van der Waals surface area (Å²) in [7, 11) is 1.02. The van der Waals surface area contributed by atoms with Gasteiger partial charge >= 0.3 is 12.1 Å².